The number of hydrogen-bond acceptors (Lipinski definition) is 7. The molecule has 0 rings (SSSR count). The van der Waals surface area contributed by atoms with E-state index in [1.165, 1.54) is 372 Å². The zero-order valence-electron chi connectivity index (χ0n) is 66.9. The Morgan fingerprint density at radius 1 is 0.303 bits per heavy atom. The first kappa shape index (κ1) is 96.2. The van der Waals surface area contributed by atoms with E-state index in [1.54, 1.807) is 0 Å². The number of allylic oxidation sites excluding steroid dienone is 8. The van der Waals surface area contributed by atoms with Crippen LogP contribution >= 0.6 is 0 Å². The van der Waals surface area contributed by atoms with Gasteiger partial charge in [0.2, 0.25) is 0 Å². The average molecular weight is 1390 g/mol. The minimum Gasteiger partial charge on any atom is -0.477 e. The lowest BCUT2D eigenvalue weighted by atomic mass is 10.0. The summed E-state index contributed by atoms with van der Waals surface area (Å²) >= 11 is 0. The monoisotopic (exact) mass is 1390 g/mol. The fourth-order valence-electron chi connectivity index (χ4n) is 13.4. The Labute approximate surface area is 616 Å². The summed E-state index contributed by atoms with van der Waals surface area (Å²) in [4.78, 5) is 37.8. The van der Waals surface area contributed by atoms with Gasteiger partial charge in [-0.25, -0.2) is 4.79 Å². The highest BCUT2D eigenvalue weighted by molar-refractivity contribution is 5.71. The van der Waals surface area contributed by atoms with Gasteiger partial charge in [-0.05, 0) is 77.0 Å². The quantitative estimate of drug-likeness (QED) is 0.0211. The third-order valence-electron chi connectivity index (χ3n) is 20.1. The van der Waals surface area contributed by atoms with Gasteiger partial charge in [-0.15, -0.1) is 0 Å². The molecule has 99 heavy (non-hydrogen) atoms. The van der Waals surface area contributed by atoms with Crippen molar-refractivity contribution in [2.45, 2.75) is 463 Å². The van der Waals surface area contributed by atoms with Crippen molar-refractivity contribution in [2.24, 2.45) is 0 Å². The van der Waals surface area contributed by atoms with Gasteiger partial charge >= 0.3 is 17.9 Å². The second-order valence-electron chi connectivity index (χ2n) is 31.2. The first-order valence-corrected chi connectivity index (χ1v) is 43.8. The molecule has 0 amide bonds. The van der Waals surface area contributed by atoms with Crippen molar-refractivity contribution < 1.29 is 42.9 Å². The zero-order valence-corrected chi connectivity index (χ0v) is 66.9. The van der Waals surface area contributed by atoms with Crippen LogP contribution in [0.4, 0.5) is 0 Å². The molecule has 0 fully saturated rings. The van der Waals surface area contributed by atoms with E-state index in [-0.39, 0.29) is 38.2 Å². The normalized spacial score (nSPS) is 12.8. The number of ether oxygens (including phenoxy) is 4. The van der Waals surface area contributed by atoms with E-state index in [0.717, 1.165) is 51.4 Å². The van der Waals surface area contributed by atoms with Gasteiger partial charge in [-0.1, -0.05) is 409 Å². The molecule has 1 N–H and O–H groups in total. The lowest BCUT2D eigenvalue weighted by molar-refractivity contribution is -0.870. The van der Waals surface area contributed by atoms with Gasteiger partial charge < -0.3 is 28.5 Å². The molecule has 0 heterocycles. The van der Waals surface area contributed by atoms with Gasteiger partial charge in [0.05, 0.1) is 34.4 Å². The molecule has 0 aromatic rings. The van der Waals surface area contributed by atoms with Crippen LogP contribution in [0.1, 0.15) is 450 Å². The van der Waals surface area contributed by atoms with E-state index in [9.17, 15) is 19.5 Å². The second kappa shape index (κ2) is 80.9. The van der Waals surface area contributed by atoms with Crippen LogP contribution in [0.15, 0.2) is 48.6 Å². The summed E-state index contributed by atoms with van der Waals surface area (Å²) in [7, 11) is 6.00. The van der Waals surface area contributed by atoms with Crippen molar-refractivity contribution in [3.05, 3.63) is 48.6 Å². The number of unbranched alkanes of at least 4 members (excludes halogenated alkanes) is 60. The van der Waals surface area contributed by atoms with Crippen LogP contribution < -0.4 is 0 Å². The number of likely N-dealkylation sites (N-methyl/N-ethyl adjacent to an activating group) is 1. The maximum atomic E-state index is 13.0. The molecule has 0 aliphatic heterocycles. The summed E-state index contributed by atoms with van der Waals surface area (Å²) in [5, 5.41) is 9.79. The number of carbonyl (C=O) groups is 3. The molecule has 0 aromatic carbocycles. The van der Waals surface area contributed by atoms with Gasteiger partial charge in [0.25, 0.3) is 6.29 Å². The molecule has 0 bridgehead atoms. The fourth-order valence-corrected chi connectivity index (χ4v) is 13.4. The number of carboxylic acid groups (broad SMARTS) is 1. The Morgan fingerprint density at radius 2 is 0.545 bits per heavy atom. The molecule has 0 saturated carbocycles. The molecule has 9 nitrogen and oxygen atoms in total. The van der Waals surface area contributed by atoms with E-state index < -0.39 is 18.4 Å². The third kappa shape index (κ3) is 82.4. The van der Waals surface area contributed by atoms with Crippen molar-refractivity contribution in [1.82, 2.24) is 0 Å². The van der Waals surface area contributed by atoms with Gasteiger partial charge in [0.1, 0.15) is 13.2 Å². The predicted molar refractivity (Wildman–Crippen MR) is 429 cm³/mol. The maximum Gasteiger partial charge on any atom is 0.361 e. The number of aliphatic carboxylic acids is 1. The maximum absolute atomic E-state index is 13.0. The second-order valence-corrected chi connectivity index (χ2v) is 31.2. The SMILES string of the molecule is CCCCCCC/C=C\C/C=C\C/C=C\CCCCCCCCCCCCCCCCCCCCCCCCC(=O)OC(COC(=O)CCCCCCCCCCCCCCCCCCCCCCCCCCC/C=C\CCCCCCCCCC)COC(OCC[N+](C)(C)C)C(=O)O. The van der Waals surface area contributed by atoms with Crippen LogP contribution in [0, 0.1) is 0 Å². The Hall–Kier alpha value is -2.75. The zero-order chi connectivity index (χ0) is 71.8. The Bertz CT molecular complexity index is 1770. The first-order chi connectivity index (χ1) is 48.6. The van der Waals surface area contributed by atoms with Crippen LogP contribution in [0.25, 0.3) is 0 Å². The molecule has 9 heteroatoms. The molecule has 2 atom stereocenters. The molecule has 0 spiro atoms. The van der Waals surface area contributed by atoms with Gasteiger partial charge in [0.15, 0.2) is 6.10 Å². The molecule has 0 aliphatic carbocycles. The Morgan fingerprint density at radius 3 is 0.818 bits per heavy atom. The van der Waals surface area contributed by atoms with Crippen LogP contribution in [0.5, 0.6) is 0 Å². The van der Waals surface area contributed by atoms with Gasteiger partial charge in [-0.2, -0.15) is 0 Å². The number of nitrogens with zero attached hydrogens (tertiary/aromatic N) is 1. The molecular weight excluding hydrogens is 1220 g/mol. The van der Waals surface area contributed by atoms with E-state index in [4.69, 9.17) is 18.9 Å². The van der Waals surface area contributed by atoms with E-state index in [0.29, 0.717) is 17.4 Å². The number of carboxylic acids is 1. The highest BCUT2D eigenvalue weighted by atomic mass is 16.7. The lowest BCUT2D eigenvalue weighted by Gasteiger charge is -2.25. The van der Waals surface area contributed by atoms with Gasteiger partial charge in [-0.3, -0.25) is 9.59 Å². The number of rotatable bonds is 83. The standard InChI is InChI=1S/C90H169NO8/c1-6-8-10-12-14-16-18-20-22-24-26-28-30-32-34-36-38-40-42-44-46-48-50-52-54-56-58-60-62-64-66-68-70-72-74-76-78-80-87(92)97-84-86(85-98-90(89(94)95)96-83-82-91(3,4)5)99-88(93)81-79-77-75-73-71-69-67-65-63-61-59-57-55-53-51-49-47-45-43-41-39-37-35-33-31-29-27-25-23-21-19-17-15-13-11-9-7-2/h19,21,24-27,31,33,86,90H,6-18,20,22-23,28-30,32,34-85H2,1-5H3/p+1/b21-19-,26-24-,27-25-,33-31-. The van der Waals surface area contributed by atoms with Gasteiger partial charge in [0, 0.05) is 12.8 Å². The molecule has 582 valence electrons. The predicted octanol–water partition coefficient (Wildman–Crippen LogP) is 28.4. The van der Waals surface area contributed by atoms with Crippen molar-refractivity contribution in [2.75, 3.05) is 47.5 Å². The molecular formula is C90H170NO8+. The van der Waals surface area contributed by atoms with Crippen molar-refractivity contribution >= 4 is 17.9 Å². The molecule has 0 aliphatic rings. The molecule has 0 saturated heterocycles. The number of esters is 2. The lowest BCUT2D eigenvalue weighted by Crippen LogP contribution is -2.40. The van der Waals surface area contributed by atoms with Crippen LogP contribution in [-0.2, 0) is 33.3 Å². The minimum absolute atomic E-state index is 0.175. The number of hydrogen-bond donors (Lipinski definition) is 1. The molecule has 0 aromatic heterocycles. The summed E-state index contributed by atoms with van der Waals surface area (Å²) in [6, 6.07) is 0. The average Bonchev–Trinajstić information content (AvgIpc) is 2.19. The van der Waals surface area contributed by atoms with Crippen molar-refractivity contribution in [3.63, 3.8) is 0 Å². The van der Waals surface area contributed by atoms with E-state index in [1.807, 2.05) is 21.1 Å². The fraction of sp³-hybridized carbons (Fsp3) is 0.878. The Kier molecular flexibility index (Phi) is 78.7. The summed E-state index contributed by atoms with van der Waals surface area (Å²) in [5.74, 6) is -1.97. The van der Waals surface area contributed by atoms with E-state index >= 15 is 0 Å². The van der Waals surface area contributed by atoms with E-state index in [2.05, 4.69) is 62.5 Å². The first-order valence-electron chi connectivity index (χ1n) is 43.8. The highest BCUT2D eigenvalue weighted by Gasteiger charge is 2.25. The summed E-state index contributed by atoms with van der Waals surface area (Å²) in [6.07, 6.45) is 104. The smallest absolute Gasteiger partial charge is 0.361 e. The molecule has 0 radical (unpaired) electrons. The topological polar surface area (TPSA) is 108 Å². The van der Waals surface area contributed by atoms with Crippen molar-refractivity contribution in [3.8, 4) is 0 Å². The number of quaternary nitrogens is 1. The Balaban J connectivity index is 3.92. The van der Waals surface area contributed by atoms with Crippen LogP contribution in [0.3, 0.4) is 0 Å². The summed E-state index contributed by atoms with van der Waals surface area (Å²) in [5.41, 5.74) is 0. The number of carbonyl (C=O) groups excluding carboxylic acids is 2. The highest BCUT2D eigenvalue weighted by Crippen LogP contribution is 2.21. The minimum atomic E-state index is -1.51. The summed E-state index contributed by atoms with van der Waals surface area (Å²) in [6.45, 7) is 4.95. The third-order valence-corrected chi connectivity index (χ3v) is 20.1. The molecule has 2 unspecified atom stereocenters. The van der Waals surface area contributed by atoms with Crippen LogP contribution in [-0.4, -0.2) is 87.4 Å². The summed E-state index contributed by atoms with van der Waals surface area (Å²) < 4.78 is 23.1. The van der Waals surface area contributed by atoms with Crippen LogP contribution in [0.2, 0.25) is 0 Å². The largest absolute Gasteiger partial charge is 0.477 e. The van der Waals surface area contributed by atoms with Crippen molar-refractivity contribution in [1.29, 1.82) is 0 Å².